The van der Waals surface area contributed by atoms with Crippen LogP contribution in [0.25, 0.3) is 21.6 Å². The van der Waals surface area contributed by atoms with Gasteiger partial charge in [0, 0.05) is 17.0 Å². The summed E-state index contributed by atoms with van der Waals surface area (Å²) in [6, 6.07) is 8.16. The zero-order chi connectivity index (χ0) is 20.5. The maximum Gasteiger partial charge on any atom is 0.263 e. The van der Waals surface area contributed by atoms with Crippen LogP contribution in [0, 0.1) is 13.8 Å². The third-order valence-electron chi connectivity index (χ3n) is 4.98. The second-order valence-electron chi connectivity index (χ2n) is 6.76. The molecule has 0 aliphatic rings. The topological polar surface area (TPSA) is 73.8 Å². The minimum atomic E-state index is 0.0177. The van der Waals surface area contributed by atoms with E-state index in [0.717, 1.165) is 32.6 Å². The maximum atomic E-state index is 12.9. The first kappa shape index (κ1) is 19.8. The molecule has 0 spiro atoms. The number of benzene rings is 1. The number of nitrogens with zero attached hydrogens (tertiary/aromatic N) is 4. The fourth-order valence-electron chi connectivity index (χ4n) is 3.14. The average molecular weight is 427 g/mol. The number of thiophene rings is 1. The van der Waals surface area contributed by atoms with Gasteiger partial charge in [0.2, 0.25) is 11.7 Å². The Morgan fingerprint density at radius 2 is 1.90 bits per heavy atom. The highest BCUT2D eigenvalue weighted by Gasteiger charge is 2.17. The van der Waals surface area contributed by atoms with E-state index in [1.54, 1.807) is 15.9 Å². The predicted molar refractivity (Wildman–Crippen MR) is 118 cm³/mol. The average Bonchev–Trinajstić information content (AvgIpc) is 3.31. The molecule has 150 valence electrons. The molecule has 0 saturated carbocycles. The van der Waals surface area contributed by atoms with Gasteiger partial charge in [-0.3, -0.25) is 9.36 Å². The van der Waals surface area contributed by atoms with Gasteiger partial charge in [-0.15, -0.1) is 11.3 Å². The smallest absolute Gasteiger partial charge is 0.263 e. The molecule has 8 heteroatoms. The Balaban J connectivity index is 1.58. The summed E-state index contributed by atoms with van der Waals surface area (Å²) in [5, 5.41) is 5.50. The number of hydrogen-bond donors (Lipinski definition) is 0. The molecule has 4 rings (SSSR count). The van der Waals surface area contributed by atoms with Crippen molar-refractivity contribution in [3.05, 3.63) is 56.5 Å². The molecular weight excluding hydrogens is 404 g/mol. The van der Waals surface area contributed by atoms with Gasteiger partial charge in [0.15, 0.2) is 5.16 Å². The highest BCUT2D eigenvalue weighted by atomic mass is 32.2. The molecule has 3 aromatic heterocycles. The molecule has 0 amide bonds. The van der Waals surface area contributed by atoms with Crippen molar-refractivity contribution >= 4 is 33.3 Å². The number of hydrogen-bond acceptors (Lipinski definition) is 7. The quantitative estimate of drug-likeness (QED) is 0.319. The van der Waals surface area contributed by atoms with E-state index in [9.17, 15) is 4.79 Å². The van der Waals surface area contributed by atoms with E-state index in [-0.39, 0.29) is 5.56 Å². The molecule has 1 aromatic carbocycles. The summed E-state index contributed by atoms with van der Waals surface area (Å²) in [7, 11) is 0. The number of aromatic nitrogens is 4. The molecule has 0 radical (unpaired) electrons. The Labute approximate surface area is 177 Å². The highest BCUT2D eigenvalue weighted by molar-refractivity contribution is 7.98. The monoisotopic (exact) mass is 426 g/mol. The van der Waals surface area contributed by atoms with E-state index in [4.69, 9.17) is 9.51 Å². The minimum absolute atomic E-state index is 0.0177. The van der Waals surface area contributed by atoms with Crippen LogP contribution in [0.1, 0.15) is 35.7 Å². The predicted octanol–water partition coefficient (Wildman–Crippen LogP) is 5.00. The van der Waals surface area contributed by atoms with Crippen LogP contribution in [-0.2, 0) is 18.7 Å². The molecule has 0 atom stereocenters. The molecule has 0 unspecified atom stereocenters. The normalized spacial score (nSPS) is 11.4. The number of rotatable bonds is 6. The lowest BCUT2D eigenvalue weighted by Gasteiger charge is -2.08. The Bertz CT molecular complexity index is 1220. The summed E-state index contributed by atoms with van der Waals surface area (Å²) in [6.07, 6.45) is 0.994. The molecule has 0 fully saturated rings. The summed E-state index contributed by atoms with van der Waals surface area (Å²) in [5.74, 6) is 1.55. The Morgan fingerprint density at radius 3 is 2.59 bits per heavy atom. The first-order valence-corrected chi connectivity index (χ1v) is 11.4. The third kappa shape index (κ3) is 3.74. The second kappa shape index (κ2) is 8.12. The zero-order valence-electron chi connectivity index (χ0n) is 16.9. The van der Waals surface area contributed by atoms with Crippen molar-refractivity contribution in [1.82, 2.24) is 19.7 Å². The van der Waals surface area contributed by atoms with Crippen LogP contribution in [0.15, 0.2) is 38.7 Å². The molecule has 4 aromatic rings. The molecular formula is C21H22N4O2S2. The molecule has 0 aliphatic heterocycles. The van der Waals surface area contributed by atoms with E-state index >= 15 is 0 Å². The van der Waals surface area contributed by atoms with Crippen LogP contribution in [-0.4, -0.2) is 19.7 Å². The van der Waals surface area contributed by atoms with E-state index < -0.39 is 0 Å². The molecule has 29 heavy (non-hydrogen) atoms. The van der Waals surface area contributed by atoms with E-state index in [0.29, 0.717) is 29.2 Å². The highest BCUT2D eigenvalue weighted by Crippen LogP contribution is 2.29. The summed E-state index contributed by atoms with van der Waals surface area (Å²) in [6.45, 7) is 8.66. The molecule has 0 N–H and O–H groups in total. The largest absolute Gasteiger partial charge is 0.338 e. The van der Waals surface area contributed by atoms with Crippen LogP contribution < -0.4 is 5.56 Å². The van der Waals surface area contributed by atoms with E-state index in [1.165, 1.54) is 17.3 Å². The minimum Gasteiger partial charge on any atom is -0.338 e. The molecule has 0 bridgehead atoms. The van der Waals surface area contributed by atoms with Crippen LogP contribution >= 0.6 is 23.1 Å². The van der Waals surface area contributed by atoms with Crippen LogP contribution in [0.4, 0.5) is 0 Å². The van der Waals surface area contributed by atoms with Crippen molar-refractivity contribution in [3.63, 3.8) is 0 Å². The lowest BCUT2D eigenvalue weighted by Crippen LogP contribution is -2.22. The van der Waals surface area contributed by atoms with E-state index in [1.807, 2.05) is 32.9 Å². The van der Waals surface area contributed by atoms with Crippen molar-refractivity contribution in [3.8, 4) is 11.4 Å². The van der Waals surface area contributed by atoms with E-state index in [2.05, 4.69) is 29.2 Å². The second-order valence-corrected chi connectivity index (χ2v) is 8.90. The van der Waals surface area contributed by atoms with Crippen molar-refractivity contribution in [2.45, 2.75) is 51.6 Å². The van der Waals surface area contributed by atoms with Crippen LogP contribution in [0.2, 0.25) is 0 Å². The van der Waals surface area contributed by atoms with Crippen LogP contribution in [0.3, 0.4) is 0 Å². The van der Waals surface area contributed by atoms with Crippen molar-refractivity contribution in [2.75, 3.05) is 0 Å². The first-order valence-electron chi connectivity index (χ1n) is 9.57. The van der Waals surface area contributed by atoms with Crippen molar-refractivity contribution < 1.29 is 4.52 Å². The van der Waals surface area contributed by atoms with Gasteiger partial charge in [-0.05, 0) is 38.3 Å². The SMILES string of the molecule is CCc1ccc(-c2noc(CSc3nc4sc(C)c(C)c4c(=O)n3CC)n2)cc1. The van der Waals surface area contributed by atoms with Gasteiger partial charge < -0.3 is 4.52 Å². The maximum absolute atomic E-state index is 12.9. The van der Waals surface area contributed by atoms with Gasteiger partial charge in [0.05, 0.1) is 11.1 Å². The summed E-state index contributed by atoms with van der Waals surface area (Å²) < 4.78 is 7.13. The van der Waals surface area contributed by atoms with Crippen molar-refractivity contribution in [1.29, 1.82) is 0 Å². The lowest BCUT2D eigenvalue weighted by molar-refractivity contribution is 0.391. The zero-order valence-corrected chi connectivity index (χ0v) is 18.5. The molecule has 0 aliphatic carbocycles. The fraction of sp³-hybridized carbons (Fsp3) is 0.333. The Morgan fingerprint density at radius 1 is 1.14 bits per heavy atom. The molecule has 3 heterocycles. The fourth-order valence-corrected chi connectivity index (χ4v) is 5.12. The van der Waals surface area contributed by atoms with Gasteiger partial charge in [-0.2, -0.15) is 4.98 Å². The number of fused-ring (bicyclic) bond motifs is 1. The first-order chi connectivity index (χ1) is 14.0. The summed E-state index contributed by atoms with van der Waals surface area (Å²) in [4.78, 5) is 24.1. The summed E-state index contributed by atoms with van der Waals surface area (Å²) in [5.41, 5.74) is 3.24. The summed E-state index contributed by atoms with van der Waals surface area (Å²) >= 11 is 3.01. The van der Waals surface area contributed by atoms with Gasteiger partial charge >= 0.3 is 0 Å². The van der Waals surface area contributed by atoms with Gasteiger partial charge in [-0.1, -0.05) is 48.1 Å². The Hall–Kier alpha value is -2.45. The number of aryl methyl sites for hydroxylation is 3. The third-order valence-corrected chi connectivity index (χ3v) is 7.05. The lowest BCUT2D eigenvalue weighted by atomic mass is 10.1. The van der Waals surface area contributed by atoms with Crippen LogP contribution in [0.5, 0.6) is 0 Å². The van der Waals surface area contributed by atoms with Gasteiger partial charge in [0.1, 0.15) is 4.83 Å². The number of thioether (sulfide) groups is 1. The Kier molecular flexibility index (Phi) is 5.56. The molecule has 6 nitrogen and oxygen atoms in total. The standard InChI is InChI=1S/C21H22N4O2S2/c1-5-14-7-9-15(10-8-14)18-22-16(27-24-18)11-28-21-23-19-17(12(3)13(4)29-19)20(26)25(21)6-2/h7-10H,5-6,11H2,1-4H3. The van der Waals surface area contributed by atoms with Gasteiger partial charge in [-0.25, -0.2) is 4.98 Å². The van der Waals surface area contributed by atoms with Gasteiger partial charge in [0.25, 0.3) is 5.56 Å². The molecule has 0 saturated heterocycles. The van der Waals surface area contributed by atoms with Crippen molar-refractivity contribution in [2.24, 2.45) is 0 Å².